The van der Waals surface area contributed by atoms with Gasteiger partial charge in [-0.2, -0.15) is 0 Å². The number of rotatable bonds is 7. The fourth-order valence-corrected chi connectivity index (χ4v) is 4.46. The molecule has 174 valence electrons. The van der Waals surface area contributed by atoms with Crippen LogP contribution in [0.1, 0.15) is 19.0 Å². The van der Waals surface area contributed by atoms with E-state index in [0.717, 1.165) is 39.5 Å². The van der Waals surface area contributed by atoms with Gasteiger partial charge >= 0.3 is 0 Å². The number of imidazole rings is 1. The van der Waals surface area contributed by atoms with Crippen molar-refractivity contribution in [3.8, 4) is 28.1 Å². The topological polar surface area (TPSA) is 56.1 Å². The van der Waals surface area contributed by atoms with Gasteiger partial charge in [-0.3, -0.25) is 4.79 Å². The molecule has 0 bridgehead atoms. The lowest BCUT2D eigenvalue weighted by atomic mass is 10.1. The third-order valence-corrected chi connectivity index (χ3v) is 6.18. The van der Waals surface area contributed by atoms with Gasteiger partial charge in [0.05, 0.1) is 31.2 Å². The zero-order chi connectivity index (χ0) is 23.3. The molecule has 2 aromatic heterocycles. The van der Waals surface area contributed by atoms with Gasteiger partial charge in [-0.05, 0) is 48.7 Å². The first kappa shape index (κ1) is 22.2. The molecular weight excluding hydrogens is 426 g/mol. The van der Waals surface area contributed by atoms with Gasteiger partial charge in [0, 0.05) is 31.3 Å². The van der Waals surface area contributed by atoms with Crippen LogP contribution in [0.5, 0.6) is 5.75 Å². The van der Waals surface area contributed by atoms with E-state index in [1.807, 2.05) is 48.2 Å². The fraction of sp³-hybridized carbons (Fsp3) is 0.286. The van der Waals surface area contributed by atoms with Crippen LogP contribution in [0.4, 0.5) is 0 Å². The number of carbonyl (C=O) groups is 1. The van der Waals surface area contributed by atoms with Crippen LogP contribution >= 0.6 is 0 Å². The highest BCUT2D eigenvalue weighted by atomic mass is 16.5. The summed E-state index contributed by atoms with van der Waals surface area (Å²) in [6, 6.07) is 22.4. The first-order chi connectivity index (χ1) is 16.7. The highest BCUT2D eigenvalue weighted by molar-refractivity contribution is 5.77. The lowest BCUT2D eigenvalue weighted by Gasteiger charge is -2.26. The summed E-state index contributed by atoms with van der Waals surface area (Å²) in [5, 5.41) is 0. The quantitative estimate of drug-likeness (QED) is 0.399. The summed E-state index contributed by atoms with van der Waals surface area (Å²) in [7, 11) is 0. The van der Waals surface area contributed by atoms with E-state index in [2.05, 4.69) is 40.9 Å². The largest absolute Gasteiger partial charge is 0.494 e. The fourth-order valence-electron chi connectivity index (χ4n) is 4.46. The molecule has 0 unspecified atom stereocenters. The van der Waals surface area contributed by atoms with Crippen LogP contribution in [0.2, 0.25) is 0 Å². The lowest BCUT2D eigenvalue weighted by molar-refractivity contribution is -0.135. The number of nitrogens with zero attached hydrogens (tertiary/aromatic N) is 3. The van der Waals surface area contributed by atoms with E-state index in [1.54, 1.807) is 0 Å². The molecule has 2 aromatic carbocycles. The second-order valence-corrected chi connectivity index (χ2v) is 8.37. The Hall–Kier alpha value is -3.64. The molecule has 0 saturated carbocycles. The van der Waals surface area contributed by atoms with E-state index in [-0.39, 0.29) is 5.91 Å². The molecule has 6 heteroatoms. The van der Waals surface area contributed by atoms with E-state index in [9.17, 15) is 4.79 Å². The summed E-state index contributed by atoms with van der Waals surface area (Å²) in [4.78, 5) is 19.7. The predicted molar refractivity (Wildman–Crippen MR) is 133 cm³/mol. The van der Waals surface area contributed by atoms with Crippen molar-refractivity contribution in [2.45, 2.75) is 19.8 Å². The third kappa shape index (κ3) is 4.68. The second-order valence-electron chi connectivity index (χ2n) is 8.37. The average molecular weight is 456 g/mol. The molecule has 1 amide bonds. The third-order valence-electron chi connectivity index (χ3n) is 6.18. The van der Waals surface area contributed by atoms with Crippen LogP contribution in [0.15, 0.2) is 72.9 Å². The number of amides is 1. The Labute approximate surface area is 199 Å². The molecule has 1 aliphatic heterocycles. The molecule has 34 heavy (non-hydrogen) atoms. The standard InChI is InChI=1S/C28H29N3O3/c1-2-34-24-10-6-9-22(19-24)23-11-13-26-29-28(21-7-4-3-5-8-21)25(31(26)20-23)12-14-27(32)30-15-17-33-18-16-30/h3-11,13,19-20H,2,12,14-18H2,1H3. The molecule has 6 nitrogen and oxygen atoms in total. The van der Waals surface area contributed by atoms with Crippen molar-refractivity contribution in [3.63, 3.8) is 0 Å². The van der Waals surface area contributed by atoms with Gasteiger partial charge in [-0.25, -0.2) is 4.98 Å². The van der Waals surface area contributed by atoms with Crippen molar-refractivity contribution < 1.29 is 14.3 Å². The number of carbonyl (C=O) groups excluding carboxylic acids is 1. The summed E-state index contributed by atoms with van der Waals surface area (Å²) in [6.07, 6.45) is 3.18. The van der Waals surface area contributed by atoms with Crippen molar-refractivity contribution >= 4 is 11.6 Å². The molecule has 1 fully saturated rings. The van der Waals surface area contributed by atoms with Gasteiger partial charge in [-0.1, -0.05) is 42.5 Å². The minimum Gasteiger partial charge on any atom is -0.494 e. The molecule has 1 saturated heterocycles. The molecule has 4 aromatic rings. The minimum atomic E-state index is 0.165. The highest BCUT2D eigenvalue weighted by Gasteiger charge is 2.20. The number of pyridine rings is 1. The Morgan fingerprint density at radius 3 is 2.56 bits per heavy atom. The molecule has 0 radical (unpaired) electrons. The first-order valence-corrected chi connectivity index (χ1v) is 11.9. The maximum Gasteiger partial charge on any atom is 0.223 e. The van der Waals surface area contributed by atoms with Crippen LogP contribution < -0.4 is 4.74 Å². The summed E-state index contributed by atoms with van der Waals surface area (Å²) < 4.78 is 13.2. The van der Waals surface area contributed by atoms with Crippen molar-refractivity contribution in [2.24, 2.45) is 0 Å². The predicted octanol–water partition coefficient (Wildman–Crippen LogP) is 4.86. The van der Waals surface area contributed by atoms with Crippen molar-refractivity contribution in [3.05, 3.63) is 78.6 Å². The normalized spacial score (nSPS) is 13.9. The molecule has 0 N–H and O–H groups in total. The van der Waals surface area contributed by atoms with Crippen LogP contribution in [0.3, 0.4) is 0 Å². The number of aryl methyl sites for hydroxylation is 1. The number of ether oxygens (including phenoxy) is 2. The molecule has 0 spiro atoms. The molecule has 3 heterocycles. The molecule has 5 rings (SSSR count). The zero-order valence-corrected chi connectivity index (χ0v) is 19.4. The van der Waals surface area contributed by atoms with Gasteiger partial charge in [0.25, 0.3) is 0 Å². The van der Waals surface area contributed by atoms with Gasteiger partial charge in [0.1, 0.15) is 11.4 Å². The van der Waals surface area contributed by atoms with E-state index in [1.165, 1.54) is 0 Å². The van der Waals surface area contributed by atoms with E-state index < -0.39 is 0 Å². The van der Waals surface area contributed by atoms with Crippen molar-refractivity contribution in [1.29, 1.82) is 0 Å². The maximum absolute atomic E-state index is 12.9. The Morgan fingerprint density at radius 1 is 0.971 bits per heavy atom. The smallest absolute Gasteiger partial charge is 0.223 e. The highest BCUT2D eigenvalue weighted by Crippen LogP contribution is 2.29. The Kier molecular flexibility index (Phi) is 6.58. The van der Waals surface area contributed by atoms with Crippen LogP contribution in [-0.2, 0) is 16.0 Å². The number of hydrogen-bond donors (Lipinski definition) is 0. The van der Waals surface area contributed by atoms with Crippen LogP contribution in [-0.4, -0.2) is 53.1 Å². The lowest BCUT2D eigenvalue weighted by Crippen LogP contribution is -2.40. The number of hydrogen-bond acceptors (Lipinski definition) is 4. The number of fused-ring (bicyclic) bond motifs is 1. The summed E-state index contributed by atoms with van der Waals surface area (Å²) in [5.41, 5.74) is 6.06. The summed E-state index contributed by atoms with van der Waals surface area (Å²) >= 11 is 0. The summed E-state index contributed by atoms with van der Waals surface area (Å²) in [5.74, 6) is 1.02. The number of morpholine rings is 1. The number of benzene rings is 2. The van der Waals surface area contributed by atoms with Gasteiger partial charge in [0.2, 0.25) is 5.91 Å². The van der Waals surface area contributed by atoms with E-state index >= 15 is 0 Å². The van der Waals surface area contributed by atoms with E-state index in [4.69, 9.17) is 14.5 Å². The van der Waals surface area contributed by atoms with Crippen molar-refractivity contribution in [2.75, 3.05) is 32.9 Å². The van der Waals surface area contributed by atoms with E-state index in [0.29, 0.717) is 45.8 Å². The maximum atomic E-state index is 12.9. The average Bonchev–Trinajstić information content (AvgIpc) is 3.26. The zero-order valence-electron chi connectivity index (χ0n) is 19.4. The Morgan fingerprint density at radius 2 is 1.76 bits per heavy atom. The first-order valence-electron chi connectivity index (χ1n) is 11.9. The monoisotopic (exact) mass is 455 g/mol. The summed E-state index contributed by atoms with van der Waals surface area (Å²) in [6.45, 7) is 5.17. The van der Waals surface area contributed by atoms with Crippen LogP contribution in [0, 0.1) is 0 Å². The molecule has 0 aliphatic carbocycles. The number of aromatic nitrogens is 2. The Bertz CT molecular complexity index is 1280. The SMILES string of the molecule is CCOc1cccc(-c2ccc3nc(-c4ccccc4)c(CCC(=O)N4CCOCC4)n3c2)c1. The minimum absolute atomic E-state index is 0.165. The van der Waals surface area contributed by atoms with Gasteiger partial charge in [-0.15, -0.1) is 0 Å². The van der Waals surface area contributed by atoms with Crippen molar-refractivity contribution in [1.82, 2.24) is 14.3 Å². The van der Waals surface area contributed by atoms with Crippen LogP contribution in [0.25, 0.3) is 28.0 Å². The molecule has 1 aliphatic rings. The second kappa shape index (κ2) is 10.1. The van der Waals surface area contributed by atoms with Gasteiger partial charge < -0.3 is 18.8 Å². The molecular formula is C28H29N3O3. The molecule has 0 atom stereocenters. The van der Waals surface area contributed by atoms with Gasteiger partial charge in [0.15, 0.2) is 0 Å². The Balaban J connectivity index is 1.52.